The summed E-state index contributed by atoms with van der Waals surface area (Å²) in [5.74, 6) is 0.977. The molecule has 2 heterocycles. The van der Waals surface area contributed by atoms with Gasteiger partial charge in [-0.05, 0) is 40.0 Å². The molecule has 6 heteroatoms. The van der Waals surface area contributed by atoms with E-state index in [1.54, 1.807) is 0 Å². The molecule has 5 nitrogen and oxygen atoms in total. The molecule has 0 spiro atoms. The molecule has 1 aliphatic rings. The van der Waals surface area contributed by atoms with Gasteiger partial charge in [0, 0.05) is 31.7 Å². The predicted octanol–water partition coefficient (Wildman–Crippen LogP) is 1.66. The van der Waals surface area contributed by atoms with E-state index in [1.165, 1.54) is 0 Å². The van der Waals surface area contributed by atoms with Crippen molar-refractivity contribution in [2.24, 2.45) is 0 Å². The van der Waals surface area contributed by atoms with Gasteiger partial charge in [0.05, 0.1) is 0 Å². The molecule has 1 saturated heterocycles. The largest absolute Gasteiger partial charge is 0.338 e. The van der Waals surface area contributed by atoms with E-state index in [9.17, 15) is 0 Å². The van der Waals surface area contributed by atoms with Crippen LogP contribution in [0.15, 0.2) is 0 Å². The van der Waals surface area contributed by atoms with Crippen LogP contribution < -0.4 is 4.90 Å². The molecule has 0 saturated carbocycles. The summed E-state index contributed by atoms with van der Waals surface area (Å²) in [7, 11) is 2.17. The zero-order valence-electron chi connectivity index (χ0n) is 11.0. The molecule has 17 heavy (non-hydrogen) atoms. The van der Waals surface area contributed by atoms with Crippen LogP contribution in [-0.4, -0.2) is 52.4 Å². The van der Waals surface area contributed by atoms with Crippen LogP contribution in [0.4, 0.5) is 5.95 Å². The molecule has 0 aliphatic carbocycles. The fourth-order valence-electron chi connectivity index (χ4n) is 2.22. The van der Waals surface area contributed by atoms with E-state index in [0.29, 0.717) is 16.9 Å². The van der Waals surface area contributed by atoms with E-state index >= 15 is 0 Å². The monoisotopic (exact) mass is 255 g/mol. The van der Waals surface area contributed by atoms with Gasteiger partial charge < -0.3 is 9.80 Å². The Morgan fingerprint density at radius 2 is 2.12 bits per heavy atom. The molecule has 1 N–H and O–H groups in total. The maximum atomic E-state index is 5.28. The predicted molar refractivity (Wildman–Crippen MR) is 72.1 cm³/mol. The van der Waals surface area contributed by atoms with Crippen molar-refractivity contribution in [2.75, 3.05) is 31.6 Å². The first kappa shape index (κ1) is 12.6. The number of anilines is 1. The van der Waals surface area contributed by atoms with Gasteiger partial charge in [-0.25, -0.2) is 5.10 Å². The SMILES string of the molecule is CC1CN(c2n[nH]c(=S)n2C(C)C)CCN1C. The van der Waals surface area contributed by atoms with Crippen molar-refractivity contribution in [3.05, 3.63) is 4.77 Å². The number of hydrogen-bond acceptors (Lipinski definition) is 4. The Morgan fingerprint density at radius 1 is 1.41 bits per heavy atom. The van der Waals surface area contributed by atoms with E-state index in [0.717, 1.165) is 25.6 Å². The molecule has 0 aromatic carbocycles. The highest BCUT2D eigenvalue weighted by Gasteiger charge is 2.24. The average Bonchev–Trinajstić information content (AvgIpc) is 2.64. The third-order valence-corrected chi connectivity index (χ3v) is 3.73. The number of piperazine rings is 1. The fraction of sp³-hybridized carbons (Fsp3) is 0.818. The van der Waals surface area contributed by atoms with Crippen LogP contribution in [0, 0.1) is 4.77 Å². The molecular weight excluding hydrogens is 234 g/mol. The van der Waals surface area contributed by atoms with E-state index in [2.05, 4.69) is 52.4 Å². The maximum absolute atomic E-state index is 5.28. The molecule has 1 fully saturated rings. The molecule has 0 bridgehead atoms. The van der Waals surface area contributed by atoms with Crippen LogP contribution in [0.25, 0.3) is 0 Å². The van der Waals surface area contributed by atoms with Gasteiger partial charge >= 0.3 is 0 Å². The van der Waals surface area contributed by atoms with Crippen molar-refractivity contribution in [3.8, 4) is 0 Å². The maximum Gasteiger partial charge on any atom is 0.226 e. The second-order valence-electron chi connectivity index (χ2n) is 5.07. The fourth-order valence-corrected chi connectivity index (χ4v) is 2.55. The molecule has 1 atom stereocenters. The molecule has 1 aromatic heterocycles. The standard InChI is InChI=1S/C11H21N5S/c1-8(2)16-10(12-13-11(16)17)15-6-5-14(4)9(3)7-15/h8-9H,5-7H2,1-4H3,(H,13,17). The van der Waals surface area contributed by atoms with Crippen LogP contribution in [0.5, 0.6) is 0 Å². The lowest BCUT2D eigenvalue weighted by Crippen LogP contribution is -2.50. The summed E-state index contributed by atoms with van der Waals surface area (Å²) in [5.41, 5.74) is 0. The van der Waals surface area contributed by atoms with Crippen molar-refractivity contribution in [2.45, 2.75) is 32.9 Å². The Balaban J connectivity index is 2.26. The van der Waals surface area contributed by atoms with E-state index in [-0.39, 0.29) is 0 Å². The van der Waals surface area contributed by atoms with Gasteiger partial charge in [0.2, 0.25) is 5.95 Å². The molecule has 1 aliphatic heterocycles. The Kier molecular flexibility index (Phi) is 3.53. The third-order valence-electron chi connectivity index (χ3n) is 3.44. The number of rotatable bonds is 2. The summed E-state index contributed by atoms with van der Waals surface area (Å²) in [4.78, 5) is 4.69. The van der Waals surface area contributed by atoms with Crippen molar-refractivity contribution in [3.63, 3.8) is 0 Å². The third kappa shape index (κ3) is 2.37. The topological polar surface area (TPSA) is 40.1 Å². The lowest BCUT2D eigenvalue weighted by atomic mass is 10.2. The Labute approximate surface area is 107 Å². The number of aromatic nitrogens is 3. The van der Waals surface area contributed by atoms with Gasteiger partial charge in [-0.1, -0.05) is 0 Å². The smallest absolute Gasteiger partial charge is 0.226 e. The minimum atomic E-state index is 0.339. The van der Waals surface area contributed by atoms with Gasteiger partial charge in [-0.2, -0.15) is 0 Å². The van der Waals surface area contributed by atoms with Crippen molar-refractivity contribution < 1.29 is 0 Å². The van der Waals surface area contributed by atoms with Gasteiger partial charge in [-0.15, -0.1) is 5.10 Å². The zero-order chi connectivity index (χ0) is 12.6. The normalized spacial score (nSPS) is 22.4. The molecule has 96 valence electrons. The first-order chi connectivity index (χ1) is 8.00. The van der Waals surface area contributed by atoms with Crippen molar-refractivity contribution in [1.82, 2.24) is 19.7 Å². The molecule has 1 unspecified atom stereocenters. The number of nitrogens with one attached hydrogen (secondary N) is 1. The summed E-state index contributed by atoms with van der Waals surface area (Å²) >= 11 is 5.28. The molecular formula is C11H21N5S. The first-order valence-corrected chi connectivity index (χ1v) is 6.53. The van der Waals surface area contributed by atoms with E-state index < -0.39 is 0 Å². The summed E-state index contributed by atoms with van der Waals surface area (Å²) in [6, 6.07) is 0.890. The van der Waals surface area contributed by atoms with Gasteiger partial charge in [-0.3, -0.25) is 4.57 Å². The van der Waals surface area contributed by atoms with Gasteiger partial charge in [0.1, 0.15) is 0 Å². The Morgan fingerprint density at radius 3 is 2.71 bits per heavy atom. The average molecular weight is 255 g/mol. The summed E-state index contributed by atoms with van der Waals surface area (Å²) < 4.78 is 2.80. The molecule has 0 amide bonds. The summed E-state index contributed by atoms with van der Waals surface area (Å²) in [6.45, 7) is 9.59. The molecule has 2 rings (SSSR count). The van der Waals surface area contributed by atoms with Crippen molar-refractivity contribution >= 4 is 18.2 Å². The van der Waals surface area contributed by atoms with E-state index in [4.69, 9.17) is 12.2 Å². The highest BCUT2D eigenvalue weighted by atomic mass is 32.1. The minimum Gasteiger partial charge on any atom is -0.338 e. The van der Waals surface area contributed by atoms with Crippen LogP contribution in [-0.2, 0) is 0 Å². The number of H-pyrrole nitrogens is 1. The number of likely N-dealkylation sites (N-methyl/N-ethyl adjacent to an activating group) is 1. The number of nitrogens with zero attached hydrogens (tertiary/aromatic N) is 4. The molecule has 1 aromatic rings. The van der Waals surface area contributed by atoms with Gasteiger partial charge in [0.15, 0.2) is 4.77 Å². The van der Waals surface area contributed by atoms with Crippen LogP contribution in [0.1, 0.15) is 26.8 Å². The zero-order valence-corrected chi connectivity index (χ0v) is 11.8. The van der Waals surface area contributed by atoms with Crippen LogP contribution in [0.2, 0.25) is 0 Å². The Bertz CT molecular complexity index is 435. The van der Waals surface area contributed by atoms with Crippen LogP contribution in [0.3, 0.4) is 0 Å². The second-order valence-corrected chi connectivity index (χ2v) is 5.45. The highest BCUT2D eigenvalue weighted by Crippen LogP contribution is 2.20. The van der Waals surface area contributed by atoms with Crippen LogP contribution >= 0.6 is 12.2 Å². The minimum absolute atomic E-state index is 0.339. The van der Waals surface area contributed by atoms with Crippen molar-refractivity contribution in [1.29, 1.82) is 0 Å². The lowest BCUT2D eigenvalue weighted by Gasteiger charge is -2.38. The second kappa shape index (κ2) is 4.78. The number of aromatic amines is 1. The molecule has 0 radical (unpaired) electrons. The van der Waals surface area contributed by atoms with Gasteiger partial charge in [0.25, 0.3) is 0 Å². The summed E-state index contributed by atoms with van der Waals surface area (Å²) in [5, 5.41) is 7.28. The Hall–Kier alpha value is -0.880. The summed E-state index contributed by atoms with van der Waals surface area (Å²) in [6.07, 6.45) is 0. The quantitative estimate of drug-likeness (QED) is 0.816. The van der Waals surface area contributed by atoms with E-state index in [1.807, 2.05) is 0 Å². The first-order valence-electron chi connectivity index (χ1n) is 6.12. The lowest BCUT2D eigenvalue weighted by molar-refractivity contribution is 0.231. The number of hydrogen-bond donors (Lipinski definition) is 1. The highest BCUT2D eigenvalue weighted by molar-refractivity contribution is 7.71.